The molecule has 96 valence electrons. The van der Waals surface area contributed by atoms with Crippen LogP contribution in [0.4, 0.5) is 0 Å². The van der Waals surface area contributed by atoms with Gasteiger partial charge in [0.2, 0.25) is 0 Å². The molecule has 0 spiro atoms. The topological polar surface area (TPSA) is 47.1 Å². The molecule has 0 aliphatic carbocycles. The molecule has 0 bridgehead atoms. The lowest BCUT2D eigenvalue weighted by Crippen LogP contribution is -2.48. The monoisotopic (exact) mass is 236 g/mol. The van der Waals surface area contributed by atoms with E-state index in [0.29, 0.717) is 12.0 Å². The Morgan fingerprint density at radius 3 is 3.00 bits per heavy atom. The van der Waals surface area contributed by atoms with Gasteiger partial charge in [-0.05, 0) is 12.3 Å². The van der Waals surface area contributed by atoms with Crippen molar-refractivity contribution in [2.75, 3.05) is 13.1 Å². The molecule has 2 rings (SSSR count). The second-order valence-electron chi connectivity index (χ2n) is 5.08. The van der Waals surface area contributed by atoms with Crippen molar-refractivity contribution >= 4 is 0 Å². The summed E-state index contributed by atoms with van der Waals surface area (Å²) in [5.41, 5.74) is 5.96. The Kier molecular flexibility index (Phi) is 4.18. The maximum Gasteiger partial charge on any atom is 0.122 e. The second kappa shape index (κ2) is 5.65. The lowest BCUT2D eigenvalue weighted by Gasteiger charge is -2.37. The molecule has 1 aliphatic rings. The normalized spacial score (nSPS) is 19.9. The summed E-state index contributed by atoms with van der Waals surface area (Å²) in [5.74, 6) is 1.85. The summed E-state index contributed by atoms with van der Waals surface area (Å²) >= 11 is 0. The average molecular weight is 236 g/mol. The minimum atomic E-state index is 0.500. The van der Waals surface area contributed by atoms with Crippen LogP contribution >= 0.6 is 0 Å². The Morgan fingerprint density at radius 2 is 2.29 bits per heavy atom. The van der Waals surface area contributed by atoms with Crippen LogP contribution in [0.15, 0.2) is 12.4 Å². The van der Waals surface area contributed by atoms with Crippen molar-refractivity contribution in [3.05, 3.63) is 18.2 Å². The standard InChI is InChI=1S/C13H24N4/c1-3-4-11(2)12(9-14)17-8-7-16-6-5-15-13(16)10-17/h5-6,11-12H,3-4,7-10,14H2,1-2H3. The van der Waals surface area contributed by atoms with Gasteiger partial charge in [0.05, 0.1) is 6.54 Å². The first kappa shape index (κ1) is 12.6. The third-order valence-electron chi connectivity index (χ3n) is 3.89. The van der Waals surface area contributed by atoms with Gasteiger partial charge in [-0.15, -0.1) is 0 Å². The fourth-order valence-corrected chi connectivity index (χ4v) is 2.86. The second-order valence-corrected chi connectivity index (χ2v) is 5.08. The van der Waals surface area contributed by atoms with Gasteiger partial charge in [-0.2, -0.15) is 0 Å². The Labute approximate surface area is 104 Å². The SMILES string of the molecule is CCCC(C)C(CN)N1CCn2ccnc2C1. The van der Waals surface area contributed by atoms with Gasteiger partial charge in [0.15, 0.2) is 0 Å². The van der Waals surface area contributed by atoms with Gasteiger partial charge in [0.25, 0.3) is 0 Å². The maximum absolute atomic E-state index is 5.96. The van der Waals surface area contributed by atoms with Gasteiger partial charge in [0, 0.05) is 38.1 Å². The smallest absolute Gasteiger partial charge is 0.122 e. The summed E-state index contributed by atoms with van der Waals surface area (Å²) in [6.45, 7) is 8.41. The van der Waals surface area contributed by atoms with Gasteiger partial charge < -0.3 is 10.3 Å². The van der Waals surface area contributed by atoms with E-state index in [-0.39, 0.29) is 0 Å². The molecule has 0 radical (unpaired) electrons. The Bertz CT molecular complexity index is 347. The summed E-state index contributed by atoms with van der Waals surface area (Å²) in [6, 6.07) is 0.500. The third-order valence-corrected chi connectivity index (χ3v) is 3.89. The highest BCUT2D eigenvalue weighted by Gasteiger charge is 2.26. The Morgan fingerprint density at radius 1 is 1.47 bits per heavy atom. The molecule has 0 aromatic carbocycles. The quantitative estimate of drug-likeness (QED) is 0.842. The van der Waals surface area contributed by atoms with Gasteiger partial charge >= 0.3 is 0 Å². The molecular formula is C13H24N4. The first-order valence-electron chi connectivity index (χ1n) is 6.70. The summed E-state index contributed by atoms with van der Waals surface area (Å²) in [5, 5.41) is 0. The molecule has 1 aromatic rings. The number of nitrogens with two attached hydrogens (primary N) is 1. The molecule has 17 heavy (non-hydrogen) atoms. The van der Waals surface area contributed by atoms with E-state index in [1.54, 1.807) is 0 Å². The Balaban J connectivity index is 2.02. The van der Waals surface area contributed by atoms with E-state index in [1.165, 1.54) is 18.7 Å². The van der Waals surface area contributed by atoms with Crippen molar-refractivity contribution in [3.8, 4) is 0 Å². The van der Waals surface area contributed by atoms with Crippen molar-refractivity contribution in [1.29, 1.82) is 0 Å². The average Bonchev–Trinajstić information content (AvgIpc) is 2.77. The summed E-state index contributed by atoms with van der Waals surface area (Å²) in [4.78, 5) is 6.91. The zero-order valence-corrected chi connectivity index (χ0v) is 11.0. The fraction of sp³-hybridized carbons (Fsp3) is 0.769. The van der Waals surface area contributed by atoms with Crippen molar-refractivity contribution in [1.82, 2.24) is 14.5 Å². The number of hydrogen-bond donors (Lipinski definition) is 1. The summed E-state index contributed by atoms with van der Waals surface area (Å²) in [6.07, 6.45) is 6.46. The van der Waals surface area contributed by atoms with E-state index in [9.17, 15) is 0 Å². The van der Waals surface area contributed by atoms with E-state index >= 15 is 0 Å². The molecule has 1 aliphatic heterocycles. The van der Waals surface area contributed by atoms with E-state index in [0.717, 1.165) is 26.2 Å². The van der Waals surface area contributed by atoms with Crippen LogP contribution in [-0.4, -0.2) is 33.6 Å². The van der Waals surface area contributed by atoms with Gasteiger partial charge in [-0.3, -0.25) is 4.90 Å². The molecule has 0 amide bonds. The van der Waals surface area contributed by atoms with Gasteiger partial charge in [0.1, 0.15) is 5.82 Å². The van der Waals surface area contributed by atoms with E-state index < -0.39 is 0 Å². The number of rotatable bonds is 5. The molecule has 2 heterocycles. The highest BCUT2D eigenvalue weighted by Crippen LogP contribution is 2.20. The van der Waals surface area contributed by atoms with Gasteiger partial charge in [-0.25, -0.2) is 4.98 Å². The van der Waals surface area contributed by atoms with Crippen LogP contribution < -0.4 is 5.73 Å². The Hall–Kier alpha value is -0.870. The molecule has 0 saturated carbocycles. The van der Waals surface area contributed by atoms with Crippen LogP contribution in [0, 0.1) is 5.92 Å². The third kappa shape index (κ3) is 2.69. The highest BCUT2D eigenvalue weighted by molar-refractivity contribution is 4.97. The van der Waals surface area contributed by atoms with Crippen LogP contribution in [0.25, 0.3) is 0 Å². The highest BCUT2D eigenvalue weighted by atomic mass is 15.3. The number of hydrogen-bond acceptors (Lipinski definition) is 3. The number of nitrogens with zero attached hydrogens (tertiary/aromatic N) is 3. The maximum atomic E-state index is 5.96. The van der Waals surface area contributed by atoms with E-state index in [4.69, 9.17) is 5.73 Å². The van der Waals surface area contributed by atoms with E-state index in [1.807, 2.05) is 6.20 Å². The molecule has 0 fully saturated rings. The molecule has 2 unspecified atom stereocenters. The van der Waals surface area contributed by atoms with Crippen LogP contribution in [0.2, 0.25) is 0 Å². The molecule has 4 heteroatoms. The van der Waals surface area contributed by atoms with Crippen molar-refractivity contribution in [2.45, 2.75) is 45.8 Å². The number of aromatic nitrogens is 2. The van der Waals surface area contributed by atoms with Crippen molar-refractivity contribution < 1.29 is 0 Å². The molecule has 1 aromatic heterocycles. The largest absolute Gasteiger partial charge is 0.333 e. The minimum Gasteiger partial charge on any atom is -0.333 e. The molecule has 2 N–H and O–H groups in total. The number of imidazole rings is 1. The first-order chi connectivity index (χ1) is 8.26. The van der Waals surface area contributed by atoms with Crippen LogP contribution in [0.3, 0.4) is 0 Å². The van der Waals surface area contributed by atoms with Gasteiger partial charge in [-0.1, -0.05) is 20.3 Å². The summed E-state index contributed by atoms with van der Waals surface area (Å²) < 4.78 is 2.24. The minimum absolute atomic E-state index is 0.500. The zero-order valence-electron chi connectivity index (χ0n) is 11.0. The fourth-order valence-electron chi connectivity index (χ4n) is 2.86. The van der Waals surface area contributed by atoms with Crippen molar-refractivity contribution in [3.63, 3.8) is 0 Å². The first-order valence-corrected chi connectivity index (χ1v) is 6.70. The van der Waals surface area contributed by atoms with Crippen LogP contribution in [-0.2, 0) is 13.1 Å². The van der Waals surface area contributed by atoms with Crippen LogP contribution in [0.1, 0.15) is 32.5 Å². The predicted molar refractivity (Wildman–Crippen MR) is 69.6 cm³/mol. The molecule has 0 saturated heterocycles. The van der Waals surface area contributed by atoms with E-state index in [2.05, 4.69) is 34.5 Å². The molecule has 4 nitrogen and oxygen atoms in total. The predicted octanol–water partition coefficient (Wildman–Crippen LogP) is 1.46. The molecular weight excluding hydrogens is 212 g/mol. The zero-order chi connectivity index (χ0) is 12.3. The van der Waals surface area contributed by atoms with Crippen molar-refractivity contribution in [2.24, 2.45) is 11.7 Å². The lowest BCUT2D eigenvalue weighted by atomic mass is 9.95. The van der Waals surface area contributed by atoms with Crippen LogP contribution in [0.5, 0.6) is 0 Å². The molecule has 2 atom stereocenters. The summed E-state index contributed by atoms with van der Waals surface area (Å²) in [7, 11) is 0. The number of fused-ring (bicyclic) bond motifs is 1. The lowest BCUT2D eigenvalue weighted by molar-refractivity contribution is 0.113.